The van der Waals surface area contributed by atoms with E-state index in [0.29, 0.717) is 16.7 Å². The molecule has 0 aliphatic carbocycles. The smallest absolute Gasteiger partial charge is 0.0108 e. The minimum atomic E-state index is 0. The highest BCUT2D eigenvalue weighted by Gasteiger charge is 2.29. The molecule has 0 radical (unpaired) electrons. The molecule has 0 saturated carbocycles. The van der Waals surface area contributed by atoms with Gasteiger partial charge < -0.3 is 0 Å². The molecular formula is C19H36. The van der Waals surface area contributed by atoms with Crippen molar-refractivity contribution < 1.29 is 0 Å². The molecule has 0 fully saturated rings. The molecule has 112 valence electrons. The summed E-state index contributed by atoms with van der Waals surface area (Å²) in [4.78, 5) is 0. The molecule has 0 amide bonds. The third kappa shape index (κ3) is 8.08. The Bertz CT molecular complexity index is 308. The van der Waals surface area contributed by atoms with E-state index in [0.717, 1.165) is 0 Å². The Morgan fingerprint density at radius 3 is 1.58 bits per heavy atom. The standard InChI is InChI=1S/C16H26.C2H6.CH4/c1-15(2,3)12-14(16(4,5)6)13-10-8-7-9-11-13;1-2;/h7-11,14H,12H2,1-6H3;1-2H3;1H4. The molecule has 0 heteroatoms. The van der Waals surface area contributed by atoms with Crippen molar-refractivity contribution in [2.24, 2.45) is 10.8 Å². The zero-order chi connectivity index (χ0) is 14.4. The normalized spacial score (nSPS) is 12.8. The van der Waals surface area contributed by atoms with Crippen LogP contribution < -0.4 is 0 Å². The van der Waals surface area contributed by atoms with Crippen LogP contribution in [0.4, 0.5) is 0 Å². The van der Waals surface area contributed by atoms with Gasteiger partial charge in [-0.2, -0.15) is 0 Å². The van der Waals surface area contributed by atoms with E-state index in [4.69, 9.17) is 0 Å². The lowest BCUT2D eigenvalue weighted by Crippen LogP contribution is -2.23. The molecule has 0 nitrogen and oxygen atoms in total. The second-order valence-electron chi connectivity index (χ2n) is 7.09. The molecule has 0 heterocycles. The Morgan fingerprint density at radius 2 is 1.26 bits per heavy atom. The van der Waals surface area contributed by atoms with Gasteiger partial charge in [0.1, 0.15) is 0 Å². The monoisotopic (exact) mass is 264 g/mol. The molecule has 0 spiro atoms. The maximum atomic E-state index is 2.34. The number of rotatable bonds is 2. The van der Waals surface area contributed by atoms with E-state index in [1.165, 1.54) is 12.0 Å². The molecule has 0 aliphatic rings. The van der Waals surface area contributed by atoms with Crippen molar-refractivity contribution in [3.05, 3.63) is 35.9 Å². The molecule has 0 bridgehead atoms. The van der Waals surface area contributed by atoms with Crippen molar-refractivity contribution in [3.63, 3.8) is 0 Å². The van der Waals surface area contributed by atoms with E-state index in [1.54, 1.807) is 0 Å². The van der Waals surface area contributed by atoms with Crippen LogP contribution in [0.2, 0.25) is 0 Å². The molecule has 0 aliphatic heterocycles. The summed E-state index contributed by atoms with van der Waals surface area (Å²) >= 11 is 0. The zero-order valence-corrected chi connectivity index (χ0v) is 13.7. The highest BCUT2D eigenvalue weighted by Crippen LogP contribution is 2.42. The largest absolute Gasteiger partial charge is 0.0776 e. The van der Waals surface area contributed by atoms with Gasteiger partial charge in [0.15, 0.2) is 0 Å². The second kappa shape index (κ2) is 8.40. The molecule has 1 atom stereocenters. The Kier molecular flexibility index (Phi) is 9.08. The number of benzene rings is 1. The predicted molar refractivity (Wildman–Crippen MR) is 90.8 cm³/mol. The average molecular weight is 264 g/mol. The van der Waals surface area contributed by atoms with Crippen molar-refractivity contribution in [1.82, 2.24) is 0 Å². The van der Waals surface area contributed by atoms with Crippen molar-refractivity contribution in [1.29, 1.82) is 0 Å². The van der Waals surface area contributed by atoms with Gasteiger partial charge in [0.05, 0.1) is 0 Å². The molecular weight excluding hydrogens is 228 g/mol. The molecule has 1 aromatic carbocycles. The second-order valence-corrected chi connectivity index (χ2v) is 7.09. The fraction of sp³-hybridized carbons (Fsp3) is 0.684. The number of hydrogen-bond acceptors (Lipinski definition) is 0. The summed E-state index contributed by atoms with van der Waals surface area (Å²) in [5.41, 5.74) is 2.19. The third-order valence-corrected chi connectivity index (χ3v) is 3.06. The first-order valence-electron chi connectivity index (χ1n) is 7.25. The van der Waals surface area contributed by atoms with Gasteiger partial charge in [0, 0.05) is 0 Å². The van der Waals surface area contributed by atoms with Gasteiger partial charge in [-0.3, -0.25) is 0 Å². The summed E-state index contributed by atoms with van der Waals surface area (Å²) in [6.07, 6.45) is 1.24. The van der Waals surface area contributed by atoms with Crippen LogP contribution in [0.15, 0.2) is 30.3 Å². The lowest BCUT2D eigenvalue weighted by atomic mass is 9.69. The van der Waals surface area contributed by atoms with Gasteiger partial charge in [0.25, 0.3) is 0 Å². The highest BCUT2D eigenvalue weighted by molar-refractivity contribution is 5.21. The Balaban J connectivity index is 0. The first-order valence-corrected chi connectivity index (χ1v) is 7.25. The zero-order valence-electron chi connectivity index (χ0n) is 13.7. The van der Waals surface area contributed by atoms with Crippen LogP contribution in [-0.2, 0) is 0 Å². The van der Waals surface area contributed by atoms with Crippen molar-refractivity contribution in [2.75, 3.05) is 0 Å². The third-order valence-electron chi connectivity index (χ3n) is 3.06. The summed E-state index contributed by atoms with van der Waals surface area (Å²) in [7, 11) is 0. The topological polar surface area (TPSA) is 0 Å². The molecule has 1 rings (SSSR count). The van der Waals surface area contributed by atoms with Gasteiger partial charge in [-0.25, -0.2) is 0 Å². The summed E-state index contributed by atoms with van der Waals surface area (Å²) in [5.74, 6) is 0.633. The fourth-order valence-corrected chi connectivity index (χ4v) is 2.22. The van der Waals surface area contributed by atoms with Crippen LogP contribution in [0.1, 0.15) is 80.7 Å². The summed E-state index contributed by atoms with van der Waals surface area (Å²) in [6.45, 7) is 18.0. The van der Waals surface area contributed by atoms with Gasteiger partial charge in [0.2, 0.25) is 0 Å². The van der Waals surface area contributed by atoms with E-state index in [-0.39, 0.29) is 7.43 Å². The quantitative estimate of drug-likeness (QED) is 0.544. The van der Waals surface area contributed by atoms with E-state index in [1.807, 2.05) is 13.8 Å². The van der Waals surface area contributed by atoms with E-state index in [2.05, 4.69) is 71.9 Å². The molecule has 0 aromatic heterocycles. The molecule has 1 aromatic rings. The van der Waals surface area contributed by atoms with Crippen LogP contribution in [0.3, 0.4) is 0 Å². The van der Waals surface area contributed by atoms with E-state index < -0.39 is 0 Å². The van der Waals surface area contributed by atoms with Crippen LogP contribution in [0, 0.1) is 10.8 Å². The van der Waals surface area contributed by atoms with Crippen LogP contribution in [0.5, 0.6) is 0 Å². The predicted octanol–water partition coefficient (Wildman–Crippen LogP) is 6.91. The lowest BCUT2D eigenvalue weighted by Gasteiger charge is -2.36. The summed E-state index contributed by atoms with van der Waals surface area (Å²) < 4.78 is 0. The van der Waals surface area contributed by atoms with Crippen LogP contribution >= 0.6 is 0 Å². The SMILES string of the molecule is C.CC.CC(C)(C)CC(c1ccccc1)C(C)(C)C. The van der Waals surface area contributed by atoms with Gasteiger partial charge in [-0.1, -0.05) is 93.1 Å². The fourth-order valence-electron chi connectivity index (χ4n) is 2.22. The van der Waals surface area contributed by atoms with Crippen molar-refractivity contribution in [3.8, 4) is 0 Å². The molecule has 1 unspecified atom stereocenters. The molecule has 19 heavy (non-hydrogen) atoms. The number of hydrogen-bond donors (Lipinski definition) is 0. The Morgan fingerprint density at radius 1 is 0.842 bits per heavy atom. The van der Waals surface area contributed by atoms with E-state index >= 15 is 0 Å². The van der Waals surface area contributed by atoms with Gasteiger partial charge >= 0.3 is 0 Å². The summed E-state index contributed by atoms with van der Waals surface area (Å²) in [5, 5.41) is 0. The molecule has 0 saturated heterocycles. The molecule has 0 N–H and O–H groups in total. The first kappa shape index (κ1) is 20.5. The highest BCUT2D eigenvalue weighted by atomic mass is 14.3. The van der Waals surface area contributed by atoms with Gasteiger partial charge in [-0.15, -0.1) is 0 Å². The van der Waals surface area contributed by atoms with Gasteiger partial charge in [-0.05, 0) is 28.7 Å². The summed E-state index contributed by atoms with van der Waals surface area (Å²) in [6, 6.07) is 10.9. The minimum Gasteiger partial charge on any atom is -0.0776 e. The van der Waals surface area contributed by atoms with Crippen LogP contribution in [0.25, 0.3) is 0 Å². The van der Waals surface area contributed by atoms with E-state index in [9.17, 15) is 0 Å². The lowest BCUT2D eigenvalue weighted by molar-refractivity contribution is 0.229. The van der Waals surface area contributed by atoms with Crippen molar-refractivity contribution in [2.45, 2.75) is 75.2 Å². The average Bonchev–Trinajstić information content (AvgIpc) is 2.27. The van der Waals surface area contributed by atoms with Crippen LogP contribution in [-0.4, -0.2) is 0 Å². The maximum absolute atomic E-state index is 2.34. The minimum absolute atomic E-state index is 0. The Labute approximate surface area is 122 Å². The van der Waals surface area contributed by atoms with Crippen molar-refractivity contribution >= 4 is 0 Å². The Hall–Kier alpha value is -0.780. The first-order chi connectivity index (χ1) is 8.20. The maximum Gasteiger partial charge on any atom is -0.0108 e.